The third kappa shape index (κ3) is 2.97. The van der Waals surface area contributed by atoms with Crippen molar-refractivity contribution < 1.29 is 10.0 Å². The molecule has 0 saturated carbocycles. The first-order valence-corrected chi connectivity index (χ1v) is 3.23. The van der Waals surface area contributed by atoms with Crippen LogP contribution in [0, 0.1) is 0 Å². The number of hydrogen-bond acceptors (Lipinski definition) is 3. The van der Waals surface area contributed by atoms with Crippen molar-refractivity contribution in [3.05, 3.63) is 36.1 Å². The van der Waals surface area contributed by atoms with Gasteiger partial charge in [0.25, 0.3) is 0 Å². The van der Waals surface area contributed by atoms with E-state index in [1.807, 2.05) is 6.07 Å². The molecule has 0 amide bonds. The van der Waals surface area contributed by atoms with E-state index in [-0.39, 0.29) is 0 Å². The van der Waals surface area contributed by atoms with Crippen molar-refractivity contribution in [2.45, 2.75) is 0 Å². The molecule has 0 radical (unpaired) electrons. The van der Waals surface area contributed by atoms with Crippen LogP contribution in [0.4, 0.5) is 0 Å². The largest absolute Gasteiger partial charge is 0.480 e. The highest BCUT2D eigenvalue weighted by atomic mass is 16.4. The summed E-state index contributed by atoms with van der Waals surface area (Å²) in [6.07, 6.45) is 4.89. The highest BCUT2D eigenvalue weighted by molar-refractivity contribution is 6.48. The highest BCUT2D eigenvalue weighted by Crippen LogP contribution is 1.97. The standard InChI is InChI=1S/C7H8BNO2/c10-8(11)4-3-7-2-1-5-9-6-7/h1-6,10-11H/b4-3+. The van der Waals surface area contributed by atoms with Crippen molar-refractivity contribution in [3.8, 4) is 0 Å². The zero-order valence-corrected chi connectivity index (χ0v) is 5.88. The Kier molecular flexibility index (Phi) is 2.83. The zero-order chi connectivity index (χ0) is 8.10. The number of aromatic nitrogens is 1. The van der Waals surface area contributed by atoms with Gasteiger partial charge in [0.2, 0.25) is 0 Å². The lowest BCUT2D eigenvalue weighted by atomic mass is 9.91. The van der Waals surface area contributed by atoms with Crippen molar-refractivity contribution in [1.29, 1.82) is 0 Å². The van der Waals surface area contributed by atoms with Crippen LogP contribution in [0.1, 0.15) is 5.56 Å². The van der Waals surface area contributed by atoms with Crippen LogP contribution < -0.4 is 0 Å². The van der Waals surface area contributed by atoms with Crippen LogP contribution in [0.5, 0.6) is 0 Å². The summed E-state index contributed by atoms with van der Waals surface area (Å²) in [5, 5.41) is 16.9. The van der Waals surface area contributed by atoms with Crippen molar-refractivity contribution >= 4 is 13.2 Å². The molecule has 0 aliphatic heterocycles. The summed E-state index contributed by atoms with van der Waals surface area (Å²) in [5.74, 6) is 1.27. The van der Waals surface area contributed by atoms with Gasteiger partial charge in [0.15, 0.2) is 0 Å². The van der Waals surface area contributed by atoms with E-state index in [1.165, 1.54) is 5.98 Å². The average Bonchev–Trinajstić information content (AvgIpc) is 2.03. The lowest BCUT2D eigenvalue weighted by molar-refractivity contribution is 0.424. The van der Waals surface area contributed by atoms with Gasteiger partial charge in [-0.05, 0) is 11.6 Å². The summed E-state index contributed by atoms with van der Waals surface area (Å²) in [7, 11) is -1.39. The van der Waals surface area contributed by atoms with E-state index in [4.69, 9.17) is 10.0 Å². The Bertz CT molecular complexity index is 235. The van der Waals surface area contributed by atoms with Gasteiger partial charge in [0.1, 0.15) is 0 Å². The Balaban J connectivity index is 2.65. The SMILES string of the molecule is OB(O)/C=C/c1cccnc1. The van der Waals surface area contributed by atoms with E-state index in [0.29, 0.717) is 0 Å². The third-order valence-corrected chi connectivity index (χ3v) is 1.15. The monoisotopic (exact) mass is 149 g/mol. The number of hydrogen-bond donors (Lipinski definition) is 2. The van der Waals surface area contributed by atoms with Crippen molar-refractivity contribution in [1.82, 2.24) is 4.98 Å². The third-order valence-electron chi connectivity index (χ3n) is 1.15. The van der Waals surface area contributed by atoms with Gasteiger partial charge in [0.05, 0.1) is 0 Å². The lowest BCUT2D eigenvalue weighted by Gasteiger charge is -1.89. The van der Waals surface area contributed by atoms with Crippen LogP contribution in [-0.4, -0.2) is 22.2 Å². The van der Waals surface area contributed by atoms with Crippen molar-refractivity contribution in [2.75, 3.05) is 0 Å². The van der Waals surface area contributed by atoms with E-state index in [9.17, 15) is 0 Å². The van der Waals surface area contributed by atoms with E-state index >= 15 is 0 Å². The molecule has 0 fully saturated rings. The summed E-state index contributed by atoms with van der Waals surface area (Å²) in [6.45, 7) is 0. The van der Waals surface area contributed by atoms with Gasteiger partial charge in [0, 0.05) is 12.4 Å². The normalized spacial score (nSPS) is 10.4. The topological polar surface area (TPSA) is 53.4 Å². The fourth-order valence-corrected chi connectivity index (χ4v) is 0.672. The number of pyridine rings is 1. The molecule has 0 aromatic carbocycles. The molecule has 56 valence electrons. The van der Waals surface area contributed by atoms with Crippen LogP contribution in [-0.2, 0) is 0 Å². The molecule has 1 aromatic heterocycles. The van der Waals surface area contributed by atoms with Crippen molar-refractivity contribution in [3.63, 3.8) is 0 Å². The molecule has 3 nitrogen and oxygen atoms in total. The van der Waals surface area contributed by atoms with E-state index in [0.717, 1.165) is 5.56 Å². The maximum absolute atomic E-state index is 8.46. The maximum atomic E-state index is 8.46. The van der Waals surface area contributed by atoms with Gasteiger partial charge in [-0.25, -0.2) is 0 Å². The van der Waals surface area contributed by atoms with E-state index in [2.05, 4.69) is 4.98 Å². The molecule has 0 unspecified atom stereocenters. The molecule has 1 heterocycles. The predicted octanol–water partition coefficient (Wildman–Crippen LogP) is 0.107. The van der Waals surface area contributed by atoms with Gasteiger partial charge in [-0.2, -0.15) is 0 Å². The maximum Gasteiger partial charge on any atom is 0.480 e. The molecule has 0 atom stereocenters. The molecular weight excluding hydrogens is 141 g/mol. The molecule has 0 saturated heterocycles. The molecule has 2 N–H and O–H groups in total. The Morgan fingerprint density at radius 2 is 2.27 bits per heavy atom. The summed E-state index contributed by atoms with van der Waals surface area (Å²) < 4.78 is 0. The number of nitrogens with zero attached hydrogens (tertiary/aromatic N) is 1. The Hall–Kier alpha value is -1.13. The summed E-state index contributed by atoms with van der Waals surface area (Å²) in [4.78, 5) is 3.85. The average molecular weight is 149 g/mol. The van der Waals surface area contributed by atoms with Gasteiger partial charge in [-0.15, -0.1) is 0 Å². The molecule has 0 spiro atoms. The molecule has 4 heteroatoms. The van der Waals surface area contributed by atoms with Crippen LogP contribution in [0.3, 0.4) is 0 Å². The van der Waals surface area contributed by atoms with Gasteiger partial charge in [-0.3, -0.25) is 4.98 Å². The first-order valence-electron chi connectivity index (χ1n) is 3.23. The summed E-state index contributed by atoms with van der Waals surface area (Å²) in [6, 6.07) is 3.61. The van der Waals surface area contributed by atoms with Gasteiger partial charge in [-0.1, -0.05) is 18.1 Å². The minimum atomic E-state index is -1.39. The fourth-order valence-electron chi connectivity index (χ4n) is 0.672. The summed E-state index contributed by atoms with van der Waals surface area (Å²) >= 11 is 0. The number of rotatable bonds is 2. The van der Waals surface area contributed by atoms with Crippen LogP contribution in [0.25, 0.3) is 6.08 Å². The van der Waals surface area contributed by atoms with E-state index in [1.54, 1.807) is 24.5 Å². The minimum absolute atomic E-state index is 0.848. The Labute approximate surface area is 65.2 Å². The Morgan fingerprint density at radius 3 is 2.82 bits per heavy atom. The second kappa shape index (κ2) is 3.90. The van der Waals surface area contributed by atoms with Gasteiger partial charge >= 0.3 is 7.12 Å². The van der Waals surface area contributed by atoms with Crippen molar-refractivity contribution in [2.24, 2.45) is 0 Å². The van der Waals surface area contributed by atoms with Crippen LogP contribution >= 0.6 is 0 Å². The molecule has 0 bridgehead atoms. The lowest BCUT2D eigenvalue weighted by Crippen LogP contribution is -2.05. The second-order valence-corrected chi connectivity index (χ2v) is 2.06. The molecular formula is C7H8BNO2. The fraction of sp³-hybridized carbons (Fsp3) is 0. The first kappa shape index (κ1) is 7.98. The van der Waals surface area contributed by atoms with E-state index < -0.39 is 7.12 Å². The highest BCUT2D eigenvalue weighted by Gasteiger charge is 1.97. The molecule has 0 aliphatic carbocycles. The molecule has 0 aliphatic rings. The quantitative estimate of drug-likeness (QED) is 0.586. The zero-order valence-electron chi connectivity index (χ0n) is 5.88. The second-order valence-electron chi connectivity index (χ2n) is 2.06. The Morgan fingerprint density at radius 1 is 1.45 bits per heavy atom. The molecule has 1 aromatic rings. The van der Waals surface area contributed by atoms with Crippen LogP contribution in [0.15, 0.2) is 30.5 Å². The van der Waals surface area contributed by atoms with Gasteiger partial charge < -0.3 is 10.0 Å². The van der Waals surface area contributed by atoms with Crippen LogP contribution in [0.2, 0.25) is 0 Å². The predicted molar refractivity (Wildman–Crippen MR) is 43.5 cm³/mol. The molecule has 1 rings (SSSR count). The smallest absolute Gasteiger partial charge is 0.424 e. The summed E-state index contributed by atoms with van der Waals surface area (Å²) in [5.41, 5.74) is 0.848. The molecule has 11 heavy (non-hydrogen) atoms. The minimum Gasteiger partial charge on any atom is -0.424 e. The first-order chi connectivity index (χ1) is 5.29.